The predicted octanol–water partition coefficient (Wildman–Crippen LogP) is 5.89. The largest absolute Gasteiger partial charge is 0.377 e. The first-order valence-electron chi connectivity index (χ1n) is 7.66. The molecule has 3 aliphatic heterocycles. The minimum absolute atomic E-state index is 0.291. The Bertz CT molecular complexity index is 611. The average molecular weight is 490 g/mol. The Morgan fingerprint density at radius 3 is 1.56 bits per heavy atom. The summed E-state index contributed by atoms with van der Waals surface area (Å²) in [6, 6.07) is 0. The van der Waals surface area contributed by atoms with Crippen molar-refractivity contribution in [3.8, 4) is 0 Å². The van der Waals surface area contributed by atoms with Gasteiger partial charge in [0.25, 0.3) is 13.6 Å². The van der Waals surface area contributed by atoms with E-state index in [1.54, 1.807) is 22.8 Å². The zero-order valence-electron chi connectivity index (χ0n) is 13.4. The lowest BCUT2D eigenvalue weighted by Gasteiger charge is -2.27. The fourth-order valence-electron chi connectivity index (χ4n) is 1.99. The molecule has 15 heteroatoms. The first-order valence-corrected chi connectivity index (χ1v) is 17.6. The molecule has 2 atom stereocenters. The van der Waals surface area contributed by atoms with Crippen LogP contribution < -0.4 is 0 Å². The molecule has 0 aromatic heterocycles. The van der Waals surface area contributed by atoms with E-state index in [-0.39, 0.29) is 0 Å². The summed E-state index contributed by atoms with van der Waals surface area (Å²) in [7, 11) is 0. The van der Waals surface area contributed by atoms with Crippen molar-refractivity contribution in [3.05, 3.63) is 0 Å². The van der Waals surface area contributed by atoms with Gasteiger partial charge in [-0.15, -0.1) is 0 Å². The molecule has 2 bridgehead atoms. The van der Waals surface area contributed by atoms with Crippen molar-refractivity contribution in [1.29, 1.82) is 0 Å². The Balaban J connectivity index is 1.81. The summed E-state index contributed by atoms with van der Waals surface area (Å²) in [5, 5.41) is 0. The van der Waals surface area contributed by atoms with Crippen LogP contribution in [-0.4, -0.2) is 64.4 Å². The lowest BCUT2D eigenvalue weighted by molar-refractivity contribution is 0.00576. The first kappa shape index (κ1) is 21.5. The molecule has 0 aliphatic carbocycles. The zero-order valence-corrected chi connectivity index (χ0v) is 19.2. The van der Waals surface area contributed by atoms with Crippen molar-refractivity contribution in [3.63, 3.8) is 0 Å². The van der Waals surface area contributed by atoms with E-state index in [1.807, 2.05) is 0 Å². The molecule has 0 aromatic carbocycles. The number of hydrogen-bond acceptors (Lipinski definition) is 10. The molecule has 25 heavy (non-hydrogen) atoms. The predicted molar refractivity (Wildman–Crippen MR) is 109 cm³/mol. The van der Waals surface area contributed by atoms with E-state index < -0.39 is 19.2 Å². The van der Waals surface area contributed by atoms with Crippen LogP contribution >= 0.6 is 64.4 Å². The average Bonchev–Trinajstić information content (AvgIpc) is 2.96. The first-order chi connectivity index (χ1) is 12.0. The van der Waals surface area contributed by atoms with Gasteiger partial charge in [-0.25, -0.2) is 0 Å². The minimum atomic E-state index is -2.91. The van der Waals surface area contributed by atoms with Gasteiger partial charge in [0.2, 0.25) is 0 Å². The maximum atomic E-state index is 6.64. The zero-order chi connectivity index (χ0) is 17.6. The van der Waals surface area contributed by atoms with E-state index in [2.05, 4.69) is 4.52 Å². The normalized spacial score (nSPS) is 37.7. The summed E-state index contributed by atoms with van der Waals surface area (Å²) >= 11 is 16.7. The molecule has 8 nitrogen and oxygen atoms in total. The van der Waals surface area contributed by atoms with Gasteiger partial charge >= 0.3 is 0 Å². The molecule has 146 valence electrons. The van der Waals surface area contributed by atoms with Gasteiger partial charge in [-0.2, -0.15) is 13.5 Å². The smallest absolute Gasteiger partial charge is 0.300 e. The SMILES string of the molecule is ClP12=NP(Cl)(=NP3(=N1)SCCS3)OCCOCCOCCOCCO2. The van der Waals surface area contributed by atoms with Gasteiger partial charge in [-0.05, 0) is 22.5 Å². The number of hydrogen-bond donors (Lipinski definition) is 0. The van der Waals surface area contributed by atoms with E-state index in [1.165, 1.54) is 0 Å². The van der Waals surface area contributed by atoms with Crippen molar-refractivity contribution >= 4 is 64.4 Å². The standard InChI is InChI=1S/C10H20Cl2N3O5P3S2/c11-21-13-22(12,15-23(14-21)24-9-10-25-23)20-8-6-18-4-2-16-1-3-17-5-7-19-21/h1-10H2. The number of ether oxygens (including phenoxy) is 3. The van der Waals surface area contributed by atoms with E-state index >= 15 is 0 Å². The molecule has 1 spiro atoms. The van der Waals surface area contributed by atoms with Crippen LogP contribution in [0.2, 0.25) is 0 Å². The summed E-state index contributed by atoms with van der Waals surface area (Å²) in [5.41, 5.74) is -2.12. The van der Waals surface area contributed by atoms with Crippen molar-refractivity contribution in [2.45, 2.75) is 0 Å². The molecule has 0 N–H and O–H groups in total. The summed E-state index contributed by atoms with van der Waals surface area (Å²) < 4.78 is 41.8. The lowest BCUT2D eigenvalue weighted by atomic mass is 10.7. The maximum absolute atomic E-state index is 6.64. The van der Waals surface area contributed by atoms with Crippen molar-refractivity contribution < 1.29 is 23.3 Å². The van der Waals surface area contributed by atoms with Gasteiger partial charge in [-0.3, -0.25) is 0 Å². The Kier molecular flexibility index (Phi) is 8.59. The van der Waals surface area contributed by atoms with Crippen molar-refractivity contribution in [2.75, 3.05) is 64.4 Å². The van der Waals surface area contributed by atoms with Crippen molar-refractivity contribution in [1.82, 2.24) is 0 Å². The second-order valence-electron chi connectivity index (χ2n) is 4.87. The van der Waals surface area contributed by atoms with Crippen LogP contribution in [0.3, 0.4) is 0 Å². The van der Waals surface area contributed by atoms with E-state index in [4.69, 9.17) is 54.8 Å². The molecule has 3 aliphatic rings. The topological polar surface area (TPSA) is 83.2 Å². The number of nitrogens with zero attached hydrogens (tertiary/aromatic N) is 3. The fourth-order valence-corrected chi connectivity index (χ4v) is 26.1. The van der Waals surface area contributed by atoms with Crippen LogP contribution in [0.1, 0.15) is 0 Å². The highest BCUT2D eigenvalue weighted by Crippen LogP contribution is 2.91. The van der Waals surface area contributed by atoms with Crippen LogP contribution in [0.5, 0.6) is 0 Å². The summed E-state index contributed by atoms with van der Waals surface area (Å²) in [5.74, 6) is 1.93. The van der Waals surface area contributed by atoms with Gasteiger partial charge in [0.05, 0.1) is 52.9 Å². The second-order valence-corrected chi connectivity index (χ2v) is 19.7. The highest BCUT2D eigenvalue weighted by atomic mass is 35.7. The van der Waals surface area contributed by atoms with Gasteiger partial charge < -0.3 is 23.3 Å². The summed E-state index contributed by atoms with van der Waals surface area (Å²) in [6.07, 6.45) is 0. The molecule has 0 saturated carbocycles. The van der Waals surface area contributed by atoms with Gasteiger partial charge in [0, 0.05) is 11.5 Å². The maximum Gasteiger partial charge on any atom is 0.300 e. The van der Waals surface area contributed by atoms with Crippen molar-refractivity contribution in [2.24, 2.45) is 13.5 Å². The highest BCUT2D eigenvalue weighted by Gasteiger charge is 2.40. The Morgan fingerprint density at radius 1 is 0.600 bits per heavy atom. The van der Waals surface area contributed by atoms with Crippen LogP contribution in [0.4, 0.5) is 0 Å². The third-order valence-corrected chi connectivity index (χ3v) is 21.7. The minimum Gasteiger partial charge on any atom is -0.377 e. The Morgan fingerprint density at radius 2 is 1.04 bits per heavy atom. The van der Waals surface area contributed by atoms with E-state index in [0.717, 1.165) is 11.5 Å². The molecule has 1 fully saturated rings. The quantitative estimate of drug-likeness (QED) is 0.392. The number of halogens is 2. The molecule has 1 saturated heterocycles. The Labute approximate surface area is 165 Å². The molecular weight excluding hydrogens is 470 g/mol. The number of fused-ring (bicyclic) bond motifs is 1. The van der Waals surface area contributed by atoms with Crippen LogP contribution in [0.25, 0.3) is 0 Å². The molecule has 3 rings (SSSR count). The van der Waals surface area contributed by atoms with Gasteiger partial charge in [0.1, 0.15) is 0 Å². The summed E-state index contributed by atoms with van der Waals surface area (Å²) in [6.45, 7) is -2.49. The van der Waals surface area contributed by atoms with Crippen LogP contribution in [0.15, 0.2) is 13.5 Å². The fraction of sp³-hybridized carbons (Fsp3) is 1.00. The van der Waals surface area contributed by atoms with Crippen LogP contribution in [0, 0.1) is 0 Å². The van der Waals surface area contributed by atoms with Gasteiger partial charge in [0.15, 0.2) is 5.61 Å². The third kappa shape index (κ3) is 6.66. The molecule has 0 aromatic rings. The number of rotatable bonds is 0. The highest BCUT2D eigenvalue weighted by molar-refractivity contribution is 8.93. The summed E-state index contributed by atoms with van der Waals surface area (Å²) in [4.78, 5) is 0. The third-order valence-electron chi connectivity index (χ3n) is 2.98. The molecule has 0 amide bonds. The second kappa shape index (κ2) is 10.00. The molecular formula is C10H20Cl2N3O5P3S2. The molecule has 2 unspecified atom stereocenters. The lowest BCUT2D eigenvalue weighted by Crippen LogP contribution is -2.13. The molecule has 0 radical (unpaired) electrons. The van der Waals surface area contributed by atoms with E-state index in [9.17, 15) is 0 Å². The Hall–Kier alpha value is 1.77. The van der Waals surface area contributed by atoms with E-state index in [0.29, 0.717) is 52.9 Å². The van der Waals surface area contributed by atoms with Gasteiger partial charge in [-0.1, -0.05) is 22.8 Å². The molecule has 3 heterocycles. The van der Waals surface area contributed by atoms with Crippen LogP contribution in [-0.2, 0) is 23.3 Å². The monoisotopic (exact) mass is 489 g/mol.